The zero-order valence-electron chi connectivity index (χ0n) is 55.2. The van der Waals surface area contributed by atoms with Gasteiger partial charge in [0.05, 0.1) is 0 Å². The van der Waals surface area contributed by atoms with E-state index in [1.807, 2.05) is 0 Å². The molecule has 0 saturated carbocycles. The third-order valence-electron chi connectivity index (χ3n) is 15.9. The zero-order valence-corrected chi connectivity index (χ0v) is 55.2. The molecule has 0 amide bonds. The fourth-order valence-corrected chi connectivity index (χ4v) is 10.5. The highest BCUT2D eigenvalue weighted by Gasteiger charge is 2.19. The number of carbonyl (C=O) groups excluding carboxylic acids is 3. The van der Waals surface area contributed by atoms with Gasteiger partial charge >= 0.3 is 17.9 Å². The molecule has 0 N–H and O–H groups in total. The van der Waals surface area contributed by atoms with Gasteiger partial charge in [0, 0.05) is 19.3 Å². The van der Waals surface area contributed by atoms with Crippen LogP contribution in [0.15, 0.2) is 85.1 Å². The molecule has 0 radical (unpaired) electrons. The van der Waals surface area contributed by atoms with Crippen molar-refractivity contribution in [1.29, 1.82) is 0 Å². The third-order valence-corrected chi connectivity index (χ3v) is 15.9. The lowest BCUT2D eigenvalue weighted by atomic mass is 10.0. The summed E-state index contributed by atoms with van der Waals surface area (Å²) in [6.07, 6.45) is 94.6. The molecule has 480 valence electrons. The van der Waals surface area contributed by atoms with Crippen molar-refractivity contribution in [3.63, 3.8) is 0 Å². The highest BCUT2D eigenvalue weighted by atomic mass is 16.6. The lowest BCUT2D eigenvalue weighted by molar-refractivity contribution is -0.167. The second-order valence-electron chi connectivity index (χ2n) is 24.1. The van der Waals surface area contributed by atoms with E-state index in [0.717, 1.165) is 122 Å². The van der Waals surface area contributed by atoms with Crippen LogP contribution in [0.1, 0.15) is 367 Å². The minimum atomic E-state index is -0.784. The zero-order chi connectivity index (χ0) is 59.9. The van der Waals surface area contributed by atoms with Crippen molar-refractivity contribution in [2.24, 2.45) is 0 Å². The number of rotatable bonds is 66. The fraction of sp³-hybridized carbons (Fsp3) is 0.779. The lowest BCUT2D eigenvalue weighted by Crippen LogP contribution is -2.30. The molecule has 6 heteroatoms. The Morgan fingerprint density at radius 1 is 0.253 bits per heavy atom. The monoisotopic (exact) mass is 1160 g/mol. The fourth-order valence-electron chi connectivity index (χ4n) is 10.5. The van der Waals surface area contributed by atoms with Crippen molar-refractivity contribution in [2.75, 3.05) is 13.2 Å². The molecule has 0 rings (SSSR count). The predicted octanol–water partition coefficient (Wildman–Crippen LogP) is 25.0. The van der Waals surface area contributed by atoms with Crippen LogP contribution in [0.4, 0.5) is 0 Å². The summed E-state index contributed by atoms with van der Waals surface area (Å²) >= 11 is 0. The maximum absolute atomic E-state index is 13.0. The topological polar surface area (TPSA) is 78.9 Å². The normalized spacial score (nSPS) is 12.6. The van der Waals surface area contributed by atoms with Gasteiger partial charge in [-0.25, -0.2) is 0 Å². The second-order valence-corrected chi connectivity index (χ2v) is 24.1. The first kappa shape index (κ1) is 79.6. The summed E-state index contributed by atoms with van der Waals surface area (Å²) in [5.74, 6) is -0.873. The molecule has 0 spiro atoms. The molecule has 1 unspecified atom stereocenters. The molecule has 0 bridgehead atoms. The third kappa shape index (κ3) is 69.3. The smallest absolute Gasteiger partial charge is 0.306 e. The van der Waals surface area contributed by atoms with Crippen molar-refractivity contribution in [2.45, 2.75) is 374 Å². The Bertz CT molecular complexity index is 1570. The van der Waals surface area contributed by atoms with Gasteiger partial charge in [0.25, 0.3) is 0 Å². The SMILES string of the molecule is CC/C=C\C/C=C\C/C=C\C/C=C\C/C=C\C/C=C\C/C=C\CCCCCCCC(=O)OCC(COC(=O)CCCCCCCCCCCCCCCCCCCC)OC(=O)CCCCCCCCCCCCCCCCCCCCCC. The standard InChI is InChI=1S/C77H136O6/c1-4-7-10-13-16-19-22-25-28-31-34-36-37-38-39-40-41-42-44-46-49-52-55-58-61-64-67-70-76(79)82-73-74(72-81-75(78)69-66-63-60-57-54-51-48-45-33-30-27-24-21-18-15-12-9-6-3)83-77(80)71-68-65-62-59-56-53-50-47-43-35-32-29-26-23-20-17-14-11-8-5-2/h7,10,16,19,25,28,34,36,38-39,41-42,46,49,74H,4-6,8-9,11-15,17-18,20-24,26-27,29-33,35,37,40,43-45,47-48,50-73H2,1-3H3/b10-7-,19-16-,28-25-,36-34-,39-38-,42-41-,49-46-. The average Bonchev–Trinajstić information content (AvgIpc) is 3.49. The van der Waals surface area contributed by atoms with Crippen LogP contribution in [0.3, 0.4) is 0 Å². The molecule has 0 aliphatic heterocycles. The van der Waals surface area contributed by atoms with Gasteiger partial charge < -0.3 is 14.2 Å². The first-order chi connectivity index (χ1) is 41.0. The van der Waals surface area contributed by atoms with Crippen LogP contribution in [0.25, 0.3) is 0 Å². The Labute approximate surface area is 515 Å². The van der Waals surface area contributed by atoms with Gasteiger partial charge in [0.1, 0.15) is 13.2 Å². The maximum Gasteiger partial charge on any atom is 0.306 e. The Hall–Kier alpha value is -3.41. The maximum atomic E-state index is 13.0. The van der Waals surface area contributed by atoms with Gasteiger partial charge in [-0.1, -0.05) is 356 Å². The number of hydrogen-bond acceptors (Lipinski definition) is 6. The van der Waals surface area contributed by atoms with E-state index in [1.54, 1.807) is 0 Å². The van der Waals surface area contributed by atoms with E-state index in [4.69, 9.17) is 14.2 Å². The minimum Gasteiger partial charge on any atom is -0.462 e. The summed E-state index contributed by atoms with van der Waals surface area (Å²) in [7, 11) is 0. The molecule has 0 aromatic rings. The molecule has 0 aliphatic carbocycles. The van der Waals surface area contributed by atoms with Gasteiger partial charge in [-0.3, -0.25) is 14.4 Å². The van der Waals surface area contributed by atoms with Gasteiger partial charge in [0.2, 0.25) is 0 Å². The molecule has 0 aliphatic rings. The molecule has 83 heavy (non-hydrogen) atoms. The second kappa shape index (κ2) is 71.1. The van der Waals surface area contributed by atoms with E-state index >= 15 is 0 Å². The number of carbonyl (C=O) groups is 3. The van der Waals surface area contributed by atoms with E-state index in [9.17, 15) is 14.4 Å². The van der Waals surface area contributed by atoms with Crippen molar-refractivity contribution in [3.8, 4) is 0 Å². The predicted molar refractivity (Wildman–Crippen MR) is 362 cm³/mol. The largest absolute Gasteiger partial charge is 0.462 e. The van der Waals surface area contributed by atoms with Gasteiger partial charge in [-0.05, 0) is 77.0 Å². The highest BCUT2D eigenvalue weighted by Crippen LogP contribution is 2.18. The van der Waals surface area contributed by atoms with Crippen molar-refractivity contribution >= 4 is 17.9 Å². The summed E-state index contributed by atoms with van der Waals surface area (Å²) in [5, 5.41) is 0. The van der Waals surface area contributed by atoms with Crippen LogP contribution in [0.2, 0.25) is 0 Å². The van der Waals surface area contributed by atoms with E-state index < -0.39 is 6.10 Å². The lowest BCUT2D eigenvalue weighted by Gasteiger charge is -2.18. The molecule has 0 aromatic carbocycles. The van der Waals surface area contributed by atoms with Crippen LogP contribution in [0.5, 0.6) is 0 Å². The van der Waals surface area contributed by atoms with Crippen LogP contribution >= 0.6 is 0 Å². The number of unbranched alkanes of at least 4 members (excludes halogenated alkanes) is 41. The molecule has 0 fully saturated rings. The number of ether oxygens (including phenoxy) is 3. The van der Waals surface area contributed by atoms with Gasteiger partial charge in [-0.15, -0.1) is 0 Å². The Morgan fingerprint density at radius 3 is 0.735 bits per heavy atom. The first-order valence-electron chi connectivity index (χ1n) is 36.1. The summed E-state index contributed by atoms with van der Waals surface area (Å²) in [6.45, 7) is 6.58. The number of allylic oxidation sites excluding steroid dienone is 14. The number of esters is 3. The van der Waals surface area contributed by atoms with Crippen LogP contribution in [-0.2, 0) is 28.6 Å². The Morgan fingerprint density at radius 2 is 0.470 bits per heavy atom. The molecule has 0 heterocycles. The van der Waals surface area contributed by atoms with Crippen molar-refractivity contribution in [1.82, 2.24) is 0 Å². The van der Waals surface area contributed by atoms with Crippen molar-refractivity contribution < 1.29 is 28.6 Å². The summed E-state index contributed by atoms with van der Waals surface area (Å²) in [6, 6.07) is 0. The van der Waals surface area contributed by atoms with E-state index in [0.29, 0.717) is 19.3 Å². The van der Waals surface area contributed by atoms with Gasteiger partial charge in [-0.2, -0.15) is 0 Å². The molecular formula is C77H136O6. The summed E-state index contributed by atoms with van der Waals surface area (Å²) in [4.78, 5) is 38.5. The summed E-state index contributed by atoms with van der Waals surface area (Å²) < 4.78 is 17.0. The Balaban J connectivity index is 4.38. The molecule has 1 atom stereocenters. The number of hydrogen-bond donors (Lipinski definition) is 0. The van der Waals surface area contributed by atoms with E-state index in [-0.39, 0.29) is 31.1 Å². The first-order valence-corrected chi connectivity index (χ1v) is 36.1. The minimum absolute atomic E-state index is 0.0774. The van der Waals surface area contributed by atoms with Gasteiger partial charge in [0.15, 0.2) is 6.10 Å². The van der Waals surface area contributed by atoms with E-state index in [1.165, 1.54) is 205 Å². The average molecular weight is 1160 g/mol. The van der Waals surface area contributed by atoms with Crippen LogP contribution in [0, 0.1) is 0 Å². The Kier molecular flexibility index (Phi) is 68.2. The highest BCUT2D eigenvalue weighted by molar-refractivity contribution is 5.71. The molecule has 0 saturated heterocycles. The molecular weight excluding hydrogens is 1020 g/mol. The molecule has 0 aromatic heterocycles. The molecule has 6 nitrogen and oxygen atoms in total. The van der Waals surface area contributed by atoms with Crippen LogP contribution < -0.4 is 0 Å². The van der Waals surface area contributed by atoms with E-state index in [2.05, 4.69) is 106 Å². The van der Waals surface area contributed by atoms with Crippen LogP contribution in [-0.4, -0.2) is 37.2 Å². The quantitative estimate of drug-likeness (QED) is 0.0261. The summed E-state index contributed by atoms with van der Waals surface area (Å²) in [5.41, 5.74) is 0. The van der Waals surface area contributed by atoms with Crippen molar-refractivity contribution in [3.05, 3.63) is 85.1 Å².